The van der Waals surface area contributed by atoms with Gasteiger partial charge in [0.15, 0.2) is 0 Å². The third-order valence-electron chi connectivity index (χ3n) is 1.80. The highest BCUT2D eigenvalue weighted by atomic mass is 79.9. The maximum Gasteiger partial charge on any atom is 0.233 e. The minimum Gasteiger partial charge on any atom is -0.352 e. The number of rotatable bonds is 5. The summed E-state index contributed by atoms with van der Waals surface area (Å²) >= 11 is 6.71. The summed E-state index contributed by atoms with van der Waals surface area (Å²) in [6, 6.07) is 0.474. The van der Waals surface area contributed by atoms with Gasteiger partial charge < -0.3 is 5.32 Å². The van der Waals surface area contributed by atoms with Crippen LogP contribution in [0.2, 0.25) is 0 Å². The van der Waals surface area contributed by atoms with Gasteiger partial charge in [0.25, 0.3) is 0 Å². The highest BCUT2D eigenvalue weighted by Crippen LogP contribution is 2.20. The lowest BCUT2D eigenvalue weighted by atomic mass is 10.2. The standard InChI is InChI=1S/C8H13Br2NO/c9-5-1-2-7(10)8(12)11-6-3-4-6/h6-7H,1-5H2,(H,11,12). The number of carbonyl (C=O) groups is 1. The highest BCUT2D eigenvalue weighted by molar-refractivity contribution is 9.10. The summed E-state index contributed by atoms with van der Waals surface area (Å²) in [7, 11) is 0. The van der Waals surface area contributed by atoms with Crippen molar-refractivity contribution in [3.8, 4) is 0 Å². The Morgan fingerprint density at radius 3 is 2.75 bits per heavy atom. The van der Waals surface area contributed by atoms with Gasteiger partial charge in [-0.3, -0.25) is 4.79 Å². The van der Waals surface area contributed by atoms with Gasteiger partial charge in [0.05, 0.1) is 4.83 Å². The molecule has 0 spiro atoms. The fraction of sp³-hybridized carbons (Fsp3) is 0.875. The van der Waals surface area contributed by atoms with E-state index in [9.17, 15) is 4.79 Å². The molecule has 4 heteroatoms. The fourth-order valence-electron chi connectivity index (χ4n) is 0.907. The van der Waals surface area contributed by atoms with Gasteiger partial charge in [0, 0.05) is 11.4 Å². The van der Waals surface area contributed by atoms with Crippen LogP contribution < -0.4 is 5.32 Å². The van der Waals surface area contributed by atoms with E-state index < -0.39 is 0 Å². The summed E-state index contributed by atoms with van der Waals surface area (Å²) in [5.41, 5.74) is 0. The summed E-state index contributed by atoms with van der Waals surface area (Å²) in [5.74, 6) is 0.151. The van der Waals surface area contributed by atoms with E-state index in [4.69, 9.17) is 0 Å². The Morgan fingerprint density at radius 1 is 1.58 bits per heavy atom. The zero-order valence-electron chi connectivity index (χ0n) is 6.85. The molecule has 0 aromatic carbocycles. The normalized spacial score (nSPS) is 18.8. The molecule has 1 atom stereocenters. The third kappa shape index (κ3) is 3.90. The molecule has 1 fully saturated rings. The molecule has 0 aliphatic heterocycles. The van der Waals surface area contributed by atoms with Crippen molar-refractivity contribution in [3.63, 3.8) is 0 Å². The van der Waals surface area contributed by atoms with E-state index in [0.717, 1.165) is 31.0 Å². The molecule has 2 nitrogen and oxygen atoms in total. The molecule has 1 rings (SSSR count). The lowest BCUT2D eigenvalue weighted by Crippen LogP contribution is -2.32. The molecule has 0 aromatic rings. The number of halogens is 2. The van der Waals surface area contributed by atoms with Gasteiger partial charge in [0.2, 0.25) is 5.91 Å². The molecule has 1 aliphatic carbocycles. The van der Waals surface area contributed by atoms with Crippen molar-refractivity contribution in [3.05, 3.63) is 0 Å². The number of hydrogen-bond donors (Lipinski definition) is 1. The fourth-order valence-corrected chi connectivity index (χ4v) is 1.69. The van der Waals surface area contributed by atoms with Gasteiger partial charge in [-0.2, -0.15) is 0 Å². The molecule has 1 amide bonds. The van der Waals surface area contributed by atoms with Crippen molar-refractivity contribution in [2.24, 2.45) is 0 Å². The van der Waals surface area contributed by atoms with Crippen molar-refractivity contribution in [1.82, 2.24) is 5.32 Å². The molecule has 1 saturated carbocycles. The van der Waals surface area contributed by atoms with Crippen LogP contribution in [0.25, 0.3) is 0 Å². The molecule has 0 aromatic heterocycles. The second kappa shape index (κ2) is 5.22. The summed E-state index contributed by atoms with van der Waals surface area (Å²) < 4.78 is 0. The average Bonchev–Trinajstić information content (AvgIpc) is 2.83. The number of alkyl halides is 2. The zero-order valence-corrected chi connectivity index (χ0v) is 10.0. The number of amides is 1. The Labute approximate surface area is 89.7 Å². The average molecular weight is 299 g/mol. The third-order valence-corrected chi connectivity index (χ3v) is 3.23. The highest BCUT2D eigenvalue weighted by Gasteiger charge is 2.25. The monoisotopic (exact) mass is 297 g/mol. The number of hydrogen-bond acceptors (Lipinski definition) is 1. The maximum atomic E-state index is 11.3. The van der Waals surface area contributed by atoms with E-state index in [1.54, 1.807) is 0 Å². The van der Waals surface area contributed by atoms with Crippen LogP contribution in [-0.4, -0.2) is 22.1 Å². The van der Waals surface area contributed by atoms with Crippen molar-refractivity contribution in [1.29, 1.82) is 0 Å². The van der Waals surface area contributed by atoms with Gasteiger partial charge in [0.1, 0.15) is 0 Å². The first-order chi connectivity index (χ1) is 5.74. The van der Waals surface area contributed by atoms with Crippen LogP contribution >= 0.6 is 31.9 Å². The first-order valence-corrected chi connectivity index (χ1v) is 6.28. The van der Waals surface area contributed by atoms with Gasteiger partial charge in [-0.15, -0.1) is 0 Å². The van der Waals surface area contributed by atoms with Crippen LogP contribution in [0.4, 0.5) is 0 Å². The van der Waals surface area contributed by atoms with E-state index in [1.165, 1.54) is 0 Å². The minimum atomic E-state index is -0.00403. The predicted molar refractivity (Wildman–Crippen MR) is 56.9 cm³/mol. The van der Waals surface area contributed by atoms with Crippen molar-refractivity contribution < 1.29 is 4.79 Å². The van der Waals surface area contributed by atoms with Crippen molar-refractivity contribution in [2.45, 2.75) is 36.6 Å². The zero-order chi connectivity index (χ0) is 8.97. The SMILES string of the molecule is O=C(NC1CC1)C(Br)CCCBr. The Kier molecular flexibility index (Phi) is 4.57. The molecule has 0 heterocycles. The van der Waals surface area contributed by atoms with Crippen LogP contribution in [0.15, 0.2) is 0 Å². The summed E-state index contributed by atoms with van der Waals surface area (Å²) in [6.07, 6.45) is 4.26. The molecule has 0 saturated heterocycles. The van der Waals surface area contributed by atoms with E-state index >= 15 is 0 Å². The van der Waals surface area contributed by atoms with Crippen LogP contribution in [0.5, 0.6) is 0 Å². The van der Waals surface area contributed by atoms with Crippen molar-refractivity contribution >= 4 is 37.8 Å². The maximum absolute atomic E-state index is 11.3. The largest absolute Gasteiger partial charge is 0.352 e. The molecule has 12 heavy (non-hydrogen) atoms. The second-order valence-electron chi connectivity index (χ2n) is 3.08. The lowest BCUT2D eigenvalue weighted by Gasteiger charge is -2.08. The van der Waals surface area contributed by atoms with Gasteiger partial charge >= 0.3 is 0 Å². The van der Waals surface area contributed by atoms with Crippen LogP contribution in [0, 0.1) is 0 Å². The molecule has 70 valence electrons. The summed E-state index contributed by atoms with van der Waals surface area (Å²) in [4.78, 5) is 11.3. The number of nitrogens with one attached hydrogen (secondary N) is 1. The summed E-state index contributed by atoms with van der Waals surface area (Å²) in [6.45, 7) is 0. The second-order valence-corrected chi connectivity index (χ2v) is 4.98. The smallest absolute Gasteiger partial charge is 0.233 e. The molecule has 0 radical (unpaired) electrons. The van der Waals surface area contributed by atoms with Gasteiger partial charge in [-0.25, -0.2) is 0 Å². The van der Waals surface area contributed by atoms with E-state index in [1.807, 2.05) is 0 Å². The van der Waals surface area contributed by atoms with Crippen molar-refractivity contribution in [2.75, 3.05) is 5.33 Å². The first-order valence-electron chi connectivity index (χ1n) is 4.24. The molecule has 1 unspecified atom stereocenters. The summed E-state index contributed by atoms with van der Waals surface area (Å²) in [5, 5.41) is 3.93. The van der Waals surface area contributed by atoms with E-state index in [2.05, 4.69) is 37.2 Å². The molecule has 1 N–H and O–H groups in total. The molecular weight excluding hydrogens is 286 g/mol. The topological polar surface area (TPSA) is 29.1 Å². The van der Waals surface area contributed by atoms with Crippen LogP contribution in [0.1, 0.15) is 25.7 Å². The van der Waals surface area contributed by atoms with Gasteiger partial charge in [-0.1, -0.05) is 31.9 Å². The lowest BCUT2D eigenvalue weighted by molar-refractivity contribution is -0.120. The Morgan fingerprint density at radius 2 is 2.25 bits per heavy atom. The van der Waals surface area contributed by atoms with Gasteiger partial charge in [-0.05, 0) is 25.7 Å². The Balaban J connectivity index is 2.11. The first kappa shape index (κ1) is 10.5. The van der Waals surface area contributed by atoms with E-state index in [-0.39, 0.29) is 10.7 Å². The number of carbonyl (C=O) groups excluding carboxylic acids is 1. The molecular formula is C8H13Br2NO. The van der Waals surface area contributed by atoms with Crippen LogP contribution in [0.3, 0.4) is 0 Å². The Hall–Kier alpha value is 0.430. The van der Waals surface area contributed by atoms with E-state index in [0.29, 0.717) is 6.04 Å². The van der Waals surface area contributed by atoms with Crippen LogP contribution in [-0.2, 0) is 4.79 Å². The quantitative estimate of drug-likeness (QED) is 0.775. The molecule has 0 bridgehead atoms. The minimum absolute atomic E-state index is 0.00403. The Bertz CT molecular complexity index is 159. The predicted octanol–water partition coefficient (Wildman–Crippen LogP) is 2.20. The molecule has 1 aliphatic rings.